The number of nitrogens with one attached hydrogen (secondary N) is 1. The smallest absolute Gasteiger partial charge is 0.244 e. The van der Waals surface area contributed by atoms with Crippen LogP contribution in [0.4, 0.5) is 0 Å². The van der Waals surface area contributed by atoms with E-state index in [1.165, 1.54) is 11.0 Å². The van der Waals surface area contributed by atoms with Gasteiger partial charge in [0.05, 0.1) is 25.2 Å². The van der Waals surface area contributed by atoms with Crippen molar-refractivity contribution in [2.45, 2.75) is 12.5 Å². The number of hydrogen-bond acceptors (Lipinski definition) is 5. The third-order valence-electron chi connectivity index (χ3n) is 4.11. The van der Waals surface area contributed by atoms with Crippen molar-refractivity contribution in [3.63, 3.8) is 0 Å². The molecular weight excluding hydrogens is 344 g/mol. The van der Waals surface area contributed by atoms with E-state index >= 15 is 0 Å². The van der Waals surface area contributed by atoms with Crippen LogP contribution in [0.1, 0.15) is 12.0 Å². The number of amides is 2. The molecule has 136 valence electrons. The van der Waals surface area contributed by atoms with Crippen LogP contribution in [0.5, 0.6) is 5.75 Å². The van der Waals surface area contributed by atoms with Gasteiger partial charge >= 0.3 is 0 Å². The van der Waals surface area contributed by atoms with Crippen molar-refractivity contribution in [2.24, 2.45) is 0 Å². The summed E-state index contributed by atoms with van der Waals surface area (Å²) in [6.45, 7) is -0.168. The molecular formula is C17H22N2O5S. The first-order valence-electron chi connectivity index (χ1n) is 7.87. The Morgan fingerprint density at radius 1 is 1.32 bits per heavy atom. The number of nitrogens with zero attached hydrogens (tertiary/aromatic N) is 1. The van der Waals surface area contributed by atoms with Crippen molar-refractivity contribution in [3.05, 3.63) is 35.9 Å². The van der Waals surface area contributed by atoms with Crippen LogP contribution in [-0.4, -0.2) is 63.4 Å². The van der Waals surface area contributed by atoms with E-state index in [4.69, 9.17) is 4.74 Å². The van der Waals surface area contributed by atoms with Crippen LogP contribution in [0, 0.1) is 0 Å². The molecule has 1 fully saturated rings. The fourth-order valence-electron chi connectivity index (χ4n) is 2.52. The molecule has 1 heterocycles. The molecule has 0 saturated carbocycles. The summed E-state index contributed by atoms with van der Waals surface area (Å²) in [5, 5.41) is 2.51. The molecule has 1 N–H and O–H groups in total. The highest BCUT2D eigenvalue weighted by Crippen LogP contribution is 2.16. The van der Waals surface area contributed by atoms with Crippen molar-refractivity contribution in [3.8, 4) is 5.75 Å². The minimum atomic E-state index is -3.05. The van der Waals surface area contributed by atoms with Gasteiger partial charge in [0, 0.05) is 19.2 Å². The molecule has 25 heavy (non-hydrogen) atoms. The topological polar surface area (TPSA) is 92.8 Å². The van der Waals surface area contributed by atoms with Crippen LogP contribution in [0.2, 0.25) is 0 Å². The zero-order valence-corrected chi connectivity index (χ0v) is 15.1. The van der Waals surface area contributed by atoms with Gasteiger partial charge < -0.3 is 15.0 Å². The lowest BCUT2D eigenvalue weighted by Crippen LogP contribution is -2.43. The molecule has 1 aliphatic heterocycles. The second kappa shape index (κ2) is 8.15. The van der Waals surface area contributed by atoms with Crippen LogP contribution in [0.15, 0.2) is 30.3 Å². The zero-order chi connectivity index (χ0) is 18.4. The Kier molecular flexibility index (Phi) is 6.19. The monoisotopic (exact) mass is 366 g/mol. The van der Waals surface area contributed by atoms with Crippen LogP contribution >= 0.6 is 0 Å². The van der Waals surface area contributed by atoms with Crippen LogP contribution in [0.3, 0.4) is 0 Å². The molecule has 1 aromatic carbocycles. The molecule has 1 unspecified atom stereocenters. The normalized spacial score (nSPS) is 18.9. The molecule has 0 radical (unpaired) electrons. The maximum atomic E-state index is 12.1. The highest BCUT2D eigenvalue weighted by Gasteiger charge is 2.32. The Labute approximate surface area is 147 Å². The van der Waals surface area contributed by atoms with Gasteiger partial charge in [-0.15, -0.1) is 0 Å². The molecule has 1 aromatic rings. The molecule has 1 saturated heterocycles. The highest BCUT2D eigenvalue weighted by atomic mass is 32.2. The van der Waals surface area contributed by atoms with E-state index in [-0.39, 0.29) is 30.0 Å². The number of methoxy groups -OCH3 is 1. The predicted octanol–water partition coefficient (Wildman–Crippen LogP) is 0.470. The number of carbonyl (C=O) groups is 2. The number of benzene rings is 1. The Bertz CT molecular complexity index is 756. The summed E-state index contributed by atoms with van der Waals surface area (Å²) in [6.07, 6.45) is 3.41. The molecule has 1 atom stereocenters. The molecule has 0 aliphatic carbocycles. The van der Waals surface area contributed by atoms with Gasteiger partial charge in [0.1, 0.15) is 5.75 Å². The number of carbonyl (C=O) groups excluding carboxylic acids is 2. The van der Waals surface area contributed by atoms with Gasteiger partial charge in [0.2, 0.25) is 11.8 Å². The third kappa shape index (κ3) is 5.60. The molecule has 0 spiro atoms. The van der Waals surface area contributed by atoms with Gasteiger partial charge in [-0.25, -0.2) is 8.42 Å². The van der Waals surface area contributed by atoms with Crippen molar-refractivity contribution in [2.75, 3.05) is 32.2 Å². The fourth-order valence-corrected chi connectivity index (χ4v) is 4.29. The molecule has 1 aliphatic rings. The maximum Gasteiger partial charge on any atom is 0.244 e. The average Bonchev–Trinajstić information content (AvgIpc) is 2.97. The second-order valence-electron chi connectivity index (χ2n) is 5.89. The first kappa shape index (κ1) is 19.0. The van der Waals surface area contributed by atoms with E-state index < -0.39 is 15.7 Å². The van der Waals surface area contributed by atoms with E-state index in [1.54, 1.807) is 32.4 Å². The van der Waals surface area contributed by atoms with E-state index in [0.717, 1.165) is 11.3 Å². The summed E-state index contributed by atoms with van der Waals surface area (Å²) in [7, 11) is 0.0884. The van der Waals surface area contributed by atoms with Crippen molar-refractivity contribution >= 4 is 27.7 Å². The van der Waals surface area contributed by atoms with Gasteiger partial charge in [-0.3, -0.25) is 9.59 Å². The number of hydrogen-bond donors (Lipinski definition) is 1. The SMILES string of the molecule is COc1ccc(/C=C/C(=O)NCC(=O)N(C)C2CCS(=O)(=O)C2)cc1. The standard InChI is InChI=1S/C17H22N2O5S/c1-19(14-9-10-25(22,23)12-14)17(21)11-18-16(20)8-5-13-3-6-15(24-2)7-4-13/h3-8,14H,9-12H2,1-2H3,(H,18,20)/b8-5+. The molecule has 0 aromatic heterocycles. The van der Waals surface area contributed by atoms with Crippen LogP contribution in [-0.2, 0) is 19.4 Å². The van der Waals surface area contributed by atoms with Gasteiger partial charge in [-0.1, -0.05) is 12.1 Å². The number of ether oxygens (including phenoxy) is 1. The summed E-state index contributed by atoms with van der Waals surface area (Å²) in [5.41, 5.74) is 0.829. The lowest BCUT2D eigenvalue weighted by molar-refractivity contribution is -0.132. The first-order valence-corrected chi connectivity index (χ1v) is 9.69. The lowest BCUT2D eigenvalue weighted by atomic mass is 10.2. The first-order chi connectivity index (χ1) is 11.8. The summed E-state index contributed by atoms with van der Waals surface area (Å²) in [4.78, 5) is 25.3. The van der Waals surface area contributed by atoms with Gasteiger partial charge in [0.25, 0.3) is 0 Å². The number of rotatable bonds is 6. The zero-order valence-electron chi connectivity index (χ0n) is 14.3. The minimum Gasteiger partial charge on any atom is -0.497 e. The third-order valence-corrected chi connectivity index (χ3v) is 5.86. The average molecular weight is 366 g/mol. The van der Waals surface area contributed by atoms with Gasteiger partial charge in [0.15, 0.2) is 9.84 Å². The summed E-state index contributed by atoms with van der Waals surface area (Å²) < 4.78 is 28.0. The van der Waals surface area contributed by atoms with Crippen LogP contribution in [0.25, 0.3) is 6.08 Å². The summed E-state index contributed by atoms with van der Waals surface area (Å²) >= 11 is 0. The van der Waals surface area contributed by atoms with Gasteiger partial charge in [-0.05, 0) is 30.2 Å². The fraction of sp³-hybridized carbons (Fsp3) is 0.412. The second-order valence-corrected chi connectivity index (χ2v) is 8.11. The van der Waals surface area contributed by atoms with Crippen molar-refractivity contribution in [1.82, 2.24) is 10.2 Å². The van der Waals surface area contributed by atoms with Gasteiger partial charge in [-0.2, -0.15) is 0 Å². The molecule has 8 heteroatoms. The molecule has 7 nitrogen and oxygen atoms in total. The van der Waals surface area contributed by atoms with E-state index in [9.17, 15) is 18.0 Å². The Morgan fingerprint density at radius 2 is 2.00 bits per heavy atom. The number of likely N-dealkylation sites (N-methyl/N-ethyl adjacent to an activating group) is 1. The Morgan fingerprint density at radius 3 is 2.56 bits per heavy atom. The van der Waals surface area contributed by atoms with Crippen molar-refractivity contribution < 1.29 is 22.7 Å². The Hall–Kier alpha value is -2.35. The lowest BCUT2D eigenvalue weighted by Gasteiger charge is -2.23. The van der Waals surface area contributed by atoms with E-state index in [1.807, 2.05) is 12.1 Å². The Balaban J connectivity index is 1.80. The number of sulfone groups is 1. The quantitative estimate of drug-likeness (QED) is 0.739. The van der Waals surface area contributed by atoms with Crippen LogP contribution < -0.4 is 10.1 Å². The largest absolute Gasteiger partial charge is 0.497 e. The van der Waals surface area contributed by atoms with E-state index in [0.29, 0.717) is 6.42 Å². The maximum absolute atomic E-state index is 12.1. The molecule has 0 bridgehead atoms. The summed E-state index contributed by atoms with van der Waals surface area (Å²) in [6, 6.07) is 6.87. The minimum absolute atomic E-state index is 0.0133. The van der Waals surface area contributed by atoms with E-state index in [2.05, 4.69) is 5.32 Å². The summed E-state index contributed by atoms with van der Waals surface area (Å²) in [5.74, 6) is 0.112. The molecule has 2 rings (SSSR count). The highest BCUT2D eigenvalue weighted by molar-refractivity contribution is 7.91. The van der Waals surface area contributed by atoms with Crippen molar-refractivity contribution in [1.29, 1.82) is 0 Å². The molecule has 2 amide bonds. The predicted molar refractivity (Wildman–Crippen MR) is 94.9 cm³/mol.